The molecule has 0 radical (unpaired) electrons. The zero-order valence-corrected chi connectivity index (χ0v) is 27.4. The predicted molar refractivity (Wildman–Crippen MR) is 170 cm³/mol. The number of amides is 2. The van der Waals surface area contributed by atoms with Gasteiger partial charge in [0.05, 0.1) is 24.8 Å². The summed E-state index contributed by atoms with van der Waals surface area (Å²) >= 11 is 12.5. The van der Waals surface area contributed by atoms with E-state index in [9.17, 15) is 18.0 Å². The van der Waals surface area contributed by atoms with Gasteiger partial charge in [-0.15, -0.1) is 0 Å². The molecular formula is C31H37Cl2N3O6S. The zero-order chi connectivity index (χ0) is 31.9. The van der Waals surface area contributed by atoms with Gasteiger partial charge in [-0.2, -0.15) is 0 Å². The highest BCUT2D eigenvalue weighted by Crippen LogP contribution is 2.32. The molecule has 0 bridgehead atoms. The predicted octanol–water partition coefficient (Wildman–Crippen LogP) is 5.85. The minimum atomic E-state index is -4.30. The molecule has 0 saturated carbocycles. The number of hydrogen-bond donors (Lipinski definition) is 1. The molecule has 0 aliphatic heterocycles. The molecule has 3 rings (SSSR count). The number of benzene rings is 3. The number of rotatable bonds is 13. The van der Waals surface area contributed by atoms with Crippen LogP contribution in [0.2, 0.25) is 10.0 Å². The number of carbonyl (C=O) groups excluding carboxylic acids is 2. The molecule has 9 nitrogen and oxygen atoms in total. The lowest BCUT2D eigenvalue weighted by Crippen LogP contribution is -2.52. The largest absolute Gasteiger partial charge is 0.493 e. The molecule has 0 saturated heterocycles. The van der Waals surface area contributed by atoms with Gasteiger partial charge >= 0.3 is 0 Å². The minimum absolute atomic E-state index is 0.0535. The fourth-order valence-electron chi connectivity index (χ4n) is 4.23. The number of hydrogen-bond acceptors (Lipinski definition) is 6. The summed E-state index contributed by atoms with van der Waals surface area (Å²) in [6.45, 7) is 6.62. The van der Waals surface area contributed by atoms with Crippen molar-refractivity contribution in [2.75, 3.05) is 25.1 Å². The zero-order valence-electron chi connectivity index (χ0n) is 25.1. The van der Waals surface area contributed by atoms with Gasteiger partial charge < -0.3 is 19.7 Å². The number of anilines is 1. The Bertz CT molecular complexity index is 1550. The topological polar surface area (TPSA) is 105 Å². The first-order valence-electron chi connectivity index (χ1n) is 13.7. The second-order valence-corrected chi connectivity index (χ2v) is 12.8. The summed E-state index contributed by atoms with van der Waals surface area (Å²) in [7, 11) is -1.45. The van der Waals surface area contributed by atoms with Crippen LogP contribution >= 0.6 is 23.2 Å². The summed E-state index contributed by atoms with van der Waals surface area (Å²) < 4.78 is 39.9. The van der Waals surface area contributed by atoms with Crippen molar-refractivity contribution < 1.29 is 27.5 Å². The molecule has 0 aliphatic rings. The maximum atomic E-state index is 14.1. The van der Waals surface area contributed by atoms with Gasteiger partial charge in [-0.05, 0) is 69.2 Å². The highest BCUT2D eigenvalue weighted by Gasteiger charge is 2.33. The first-order valence-corrected chi connectivity index (χ1v) is 15.9. The number of sulfonamides is 1. The van der Waals surface area contributed by atoms with Crippen LogP contribution in [0.4, 0.5) is 5.69 Å². The number of nitrogens with one attached hydrogen (secondary N) is 1. The fourth-order valence-corrected chi connectivity index (χ4v) is 6.12. The third-order valence-electron chi connectivity index (χ3n) is 7.07. The monoisotopic (exact) mass is 649 g/mol. The van der Waals surface area contributed by atoms with E-state index in [1.807, 2.05) is 20.8 Å². The SMILES string of the molecule is CC[C@H](C)NC(=O)[C@H](C)N(Cc1ccc(Cl)cc1Cl)C(=O)CN(c1ccc(C)cc1)S(=O)(=O)c1ccc(OC)c(OC)c1. The van der Waals surface area contributed by atoms with E-state index >= 15 is 0 Å². The Morgan fingerprint density at radius 2 is 1.58 bits per heavy atom. The Morgan fingerprint density at radius 1 is 0.930 bits per heavy atom. The summed E-state index contributed by atoms with van der Waals surface area (Å²) in [5, 5.41) is 3.63. The molecule has 0 spiro atoms. The molecule has 0 aliphatic carbocycles. The van der Waals surface area contributed by atoms with Crippen molar-refractivity contribution in [3.63, 3.8) is 0 Å². The lowest BCUT2D eigenvalue weighted by Gasteiger charge is -2.32. The van der Waals surface area contributed by atoms with Crippen molar-refractivity contribution in [3.8, 4) is 11.5 Å². The van der Waals surface area contributed by atoms with Crippen LogP contribution in [-0.4, -0.2) is 58.0 Å². The molecule has 1 N–H and O–H groups in total. The summed E-state index contributed by atoms with van der Waals surface area (Å²) in [6, 6.07) is 14.7. The Balaban J connectivity index is 2.08. The smallest absolute Gasteiger partial charge is 0.264 e. The van der Waals surface area contributed by atoms with Gasteiger partial charge in [-0.3, -0.25) is 13.9 Å². The molecule has 2 atom stereocenters. The molecule has 43 heavy (non-hydrogen) atoms. The normalized spacial score (nSPS) is 12.7. The van der Waals surface area contributed by atoms with Crippen LogP contribution in [-0.2, 0) is 26.2 Å². The van der Waals surface area contributed by atoms with E-state index in [1.165, 1.54) is 37.3 Å². The molecular weight excluding hydrogens is 613 g/mol. The number of carbonyl (C=O) groups is 2. The van der Waals surface area contributed by atoms with Crippen LogP contribution in [0, 0.1) is 6.92 Å². The third-order valence-corrected chi connectivity index (χ3v) is 9.42. The molecule has 0 unspecified atom stereocenters. The number of nitrogens with zero attached hydrogens (tertiary/aromatic N) is 2. The Kier molecular flexibility index (Phi) is 11.7. The highest BCUT2D eigenvalue weighted by molar-refractivity contribution is 7.92. The lowest BCUT2D eigenvalue weighted by atomic mass is 10.1. The van der Waals surface area contributed by atoms with Crippen molar-refractivity contribution in [1.82, 2.24) is 10.2 Å². The number of halogens is 2. The fraction of sp³-hybridized carbons (Fsp3) is 0.355. The molecule has 232 valence electrons. The van der Waals surface area contributed by atoms with Gasteiger partial charge in [0, 0.05) is 28.7 Å². The molecule has 3 aromatic carbocycles. The van der Waals surface area contributed by atoms with Gasteiger partial charge in [-0.25, -0.2) is 8.42 Å². The summed E-state index contributed by atoms with van der Waals surface area (Å²) in [4.78, 5) is 28.5. The van der Waals surface area contributed by atoms with Gasteiger partial charge in [0.1, 0.15) is 12.6 Å². The molecule has 2 amide bonds. The highest BCUT2D eigenvalue weighted by atomic mass is 35.5. The van der Waals surface area contributed by atoms with E-state index in [-0.39, 0.29) is 34.8 Å². The van der Waals surface area contributed by atoms with E-state index in [1.54, 1.807) is 49.4 Å². The summed E-state index contributed by atoms with van der Waals surface area (Å²) in [5.41, 5.74) is 1.73. The van der Waals surface area contributed by atoms with Crippen LogP contribution in [0.1, 0.15) is 38.3 Å². The van der Waals surface area contributed by atoms with Crippen LogP contribution in [0.15, 0.2) is 65.6 Å². The first-order chi connectivity index (χ1) is 20.3. The Labute approximate surface area is 263 Å². The number of ether oxygens (including phenoxy) is 2. The van der Waals surface area contributed by atoms with E-state index < -0.39 is 28.5 Å². The first kappa shape index (κ1) is 34.0. The average molecular weight is 651 g/mol. The van der Waals surface area contributed by atoms with Crippen molar-refractivity contribution in [1.29, 1.82) is 0 Å². The standard InChI is InChI=1S/C31H37Cl2N3O6S/c1-7-21(3)34-31(38)22(4)35(18-23-10-11-24(32)16-27(23)33)30(37)19-36(25-12-8-20(2)9-13-25)43(39,40)26-14-15-28(41-5)29(17-26)42-6/h8-17,21-22H,7,18-19H2,1-6H3,(H,34,38)/t21-,22-/m0/s1. The summed E-state index contributed by atoms with van der Waals surface area (Å²) in [5.74, 6) is -0.417. The van der Waals surface area contributed by atoms with Gasteiger partial charge in [0.25, 0.3) is 10.0 Å². The molecule has 0 heterocycles. The van der Waals surface area contributed by atoms with E-state index in [2.05, 4.69) is 5.32 Å². The Hall–Kier alpha value is -3.47. The quantitative estimate of drug-likeness (QED) is 0.249. The third kappa shape index (κ3) is 8.34. The average Bonchev–Trinajstić information content (AvgIpc) is 2.98. The number of aryl methyl sites for hydroxylation is 1. The Morgan fingerprint density at radius 3 is 2.16 bits per heavy atom. The van der Waals surface area contributed by atoms with Gasteiger partial charge in [0.2, 0.25) is 11.8 Å². The molecule has 3 aromatic rings. The van der Waals surface area contributed by atoms with E-state index in [4.69, 9.17) is 32.7 Å². The van der Waals surface area contributed by atoms with Gasteiger partial charge in [0.15, 0.2) is 11.5 Å². The molecule has 0 aromatic heterocycles. The second kappa shape index (κ2) is 14.8. The lowest BCUT2D eigenvalue weighted by molar-refractivity contribution is -0.139. The van der Waals surface area contributed by atoms with Crippen molar-refractivity contribution in [2.45, 2.75) is 57.6 Å². The van der Waals surface area contributed by atoms with Crippen LogP contribution < -0.4 is 19.1 Å². The second-order valence-electron chi connectivity index (χ2n) is 10.1. The minimum Gasteiger partial charge on any atom is -0.493 e. The molecule has 12 heteroatoms. The number of methoxy groups -OCH3 is 2. The van der Waals surface area contributed by atoms with E-state index in [0.717, 1.165) is 9.87 Å². The maximum absolute atomic E-state index is 14.1. The van der Waals surface area contributed by atoms with Gasteiger partial charge in [-0.1, -0.05) is 53.9 Å². The van der Waals surface area contributed by atoms with E-state index in [0.29, 0.717) is 27.8 Å². The maximum Gasteiger partial charge on any atom is 0.264 e. The molecule has 0 fully saturated rings. The summed E-state index contributed by atoms with van der Waals surface area (Å²) in [6.07, 6.45) is 0.695. The van der Waals surface area contributed by atoms with Crippen molar-refractivity contribution >= 4 is 50.7 Å². The van der Waals surface area contributed by atoms with Crippen LogP contribution in [0.5, 0.6) is 11.5 Å². The van der Waals surface area contributed by atoms with Crippen molar-refractivity contribution in [3.05, 3.63) is 81.8 Å². The van der Waals surface area contributed by atoms with Crippen LogP contribution in [0.25, 0.3) is 0 Å². The van der Waals surface area contributed by atoms with Crippen molar-refractivity contribution in [2.24, 2.45) is 0 Å². The van der Waals surface area contributed by atoms with Crippen LogP contribution in [0.3, 0.4) is 0 Å².